The molecule has 0 N–H and O–H groups in total. The van der Waals surface area contributed by atoms with Crippen LogP contribution in [0.3, 0.4) is 0 Å². The minimum atomic E-state index is -0.585. The van der Waals surface area contributed by atoms with Crippen LogP contribution in [0.15, 0.2) is 59.7 Å². The Morgan fingerprint density at radius 3 is 2.75 bits per heavy atom. The van der Waals surface area contributed by atoms with E-state index < -0.39 is 5.97 Å². The number of nitrogens with zero attached hydrogens (tertiary/aromatic N) is 6. The predicted octanol–water partition coefficient (Wildman–Crippen LogP) is 1.42. The van der Waals surface area contributed by atoms with Crippen molar-refractivity contribution in [2.24, 2.45) is 0 Å². The van der Waals surface area contributed by atoms with Crippen LogP contribution < -0.4 is 5.56 Å². The summed E-state index contributed by atoms with van der Waals surface area (Å²) in [5, 5.41) is 11.9. The molecule has 0 aliphatic carbocycles. The molecule has 2 aromatic carbocycles. The van der Waals surface area contributed by atoms with Crippen molar-refractivity contribution < 1.29 is 9.53 Å². The van der Waals surface area contributed by atoms with Crippen LogP contribution in [0.5, 0.6) is 0 Å². The number of tetrazole rings is 1. The summed E-state index contributed by atoms with van der Waals surface area (Å²) in [6.45, 7) is 1.52. The molecule has 0 aliphatic heterocycles. The molecule has 0 amide bonds. The maximum atomic E-state index is 12.6. The van der Waals surface area contributed by atoms with E-state index in [0.717, 1.165) is 11.3 Å². The lowest BCUT2D eigenvalue weighted by Gasteiger charge is -2.08. The fourth-order valence-electron chi connectivity index (χ4n) is 2.85. The highest BCUT2D eigenvalue weighted by atomic mass is 16.5. The molecule has 0 fully saturated rings. The molecule has 0 aliphatic rings. The molecule has 9 nitrogen and oxygen atoms in total. The number of carbonyl (C=O) groups excluding carboxylic acids is 1. The molecule has 0 unspecified atom stereocenters. The molecule has 0 saturated heterocycles. The first-order chi connectivity index (χ1) is 13.6. The van der Waals surface area contributed by atoms with E-state index in [1.54, 1.807) is 12.1 Å². The van der Waals surface area contributed by atoms with E-state index in [1.807, 2.05) is 43.3 Å². The first-order valence-corrected chi connectivity index (χ1v) is 8.56. The first-order valence-electron chi connectivity index (χ1n) is 8.56. The van der Waals surface area contributed by atoms with Gasteiger partial charge in [-0.05, 0) is 41.1 Å². The number of para-hydroxylation sites is 2. The average Bonchev–Trinajstić information content (AvgIpc) is 3.18. The summed E-state index contributed by atoms with van der Waals surface area (Å²) in [7, 11) is 0. The van der Waals surface area contributed by atoms with Crippen LogP contribution in [0.2, 0.25) is 0 Å². The molecule has 2 aromatic heterocycles. The van der Waals surface area contributed by atoms with Crippen LogP contribution in [-0.2, 0) is 22.7 Å². The molecule has 4 rings (SSSR count). The summed E-state index contributed by atoms with van der Waals surface area (Å²) in [6, 6.07) is 14.6. The van der Waals surface area contributed by atoms with Gasteiger partial charge in [-0.2, -0.15) is 4.68 Å². The fraction of sp³-hybridized carbons (Fsp3) is 0.158. The van der Waals surface area contributed by atoms with Crippen LogP contribution in [0.4, 0.5) is 0 Å². The van der Waals surface area contributed by atoms with Crippen LogP contribution in [0.25, 0.3) is 16.6 Å². The molecular weight excluding hydrogens is 360 g/mol. The van der Waals surface area contributed by atoms with Gasteiger partial charge in [0.15, 0.2) is 12.4 Å². The topological polar surface area (TPSA) is 105 Å². The molecule has 28 heavy (non-hydrogen) atoms. The predicted molar refractivity (Wildman–Crippen MR) is 99.7 cm³/mol. The SMILES string of the molecule is Cc1cccc2c(=O)n(CC(=O)OCc3nnnn3-c3ccccc3)cnc12. The van der Waals surface area contributed by atoms with E-state index >= 15 is 0 Å². The Labute approximate surface area is 159 Å². The molecule has 0 saturated carbocycles. The molecule has 2 heterocycles. The number of ether oxygens (including phenoxy) is 1. The minimum absolute atomic E-state index is 0.115. The second kappa shape index (κ2) is 7.39. The van der Waals surface area contributed by atoms with Crippen molar-refractivity contribution in [3.05, 3.63) is 76.6 Å². The lowest BCUT2D eigenvalue weighted by Crippen LogP contribution is -2.26. The van der Waals surface area contributed by atoms with Gasteiger partial charge in [-0.25, -0.2) is 4.98 Å². The third-order valence-corrected chi connectivity index (χ3v) is 4.25. The Hall–Kier alpha value is -3.88. The Kier molecular flexibility index (Phi) is 4.63. The summed E-state index contributed by atoms with van der Waals surface area (Å²) in [5.41, 5.74) is 1.99. The average molecular weight is 376 g/mol. The normalized spacial score (nSPS) is 10.9. The van der Waals surface area contributed by atoms with Gasteiger partial charge >= 0.3 is 5.97 Å². The highest BCUT2D eigenvalue weighted by Gasteiger charge is 2.13. The molecule has 0 radical (unpaired) electrons. The number of aryl methyl sites for hydroxylation is 1. The standard InChI is InChI=1S/C19H16N6O3/c1-13-6-5-9-15-18(13)20-12-24(19(15)27)10-17(26)28-11-16-21-22-23-25(16)14-7-3-2-4-8-14/h2-9,12H,10-11H2,1H3. The van der Waals surface area contributed by atoms with Gasteiger partial charge in [0.05, 0.1) is 22.9 Å². The van der Waals surface area contributed by atoms with E-state index in [4.69, 9.17) is 4.74 Å². The second-order valence-corrected chi connectivity index (χ2v) is 6.15. The summed E-state index contributed by atoms with van der Waals surface area (Å²) in [4.78, 5) is 29.1. The van der Waals surface area contributed by atoms with Crippen molar-refractivity contribution in [3.8, 4) is 5.69 Å². The Balaban J connectivity index is 1.48. The Bertz CT molecular complexity index is 1200. The zero-order chi connectivity index (χ0) is 19.5. The van der Waals surface area contributed by atoms with Gasteiger partial charge in [-0.3, -0.25) is 14.2 Å². The molecule has 0 bridgehead atoms. The second-order valence-electron chi connectivity index (χ2n) is 6.15. The van der Waals surface area contributed by atoms with Crippen molar-refractivity contribution in [2.45, 2.75) is 20.1 Å². The summed E-state index contributed by atoms with van der Waals surface area (Å²) < 4.78 is 7.97. The largest absolute Gasteiger partial charge is 0.456 e. The number of rotatable bonds is 5. The molecule has 9 heteroatoms. The molecule has 0 atom stereocenters. The van der Waals surface area contributed by atoms with Gasteiger partial charge in [0.1, 0.15) is 6.54 Å². The number of hydrogen-bond acceptors (Lipinski definition) is 7. The van der Waals surface area contributed by atoms with Crippen LogP contribution in [-0.4, -0.2) is 35.7 Å². The molecule has 4 aromatic rings. The lowest BCUT2D eigenvalue weighted by atomic mass is 10.1. The quantitative estimate of drug-likeness (QED) is 0.485. The van der Waals surface area contributed by atoms with Crippen molar-refractivity contribution in [2.75, 3.05) is 0 Å². The molecular formula is C19H16N6O3. The van der Waals surface area contributed by atoms with Crippen molar-refractivity contribution >= 4 is 16.9 Å². The van der Waals surface area contributed by atoms with Crippen LogP contribution >= 0.6 is 0 Å². The number of carbonyl (C=O) groups is 1. The van der Waals surface area contributed by atoms with Gasteiger partial charge < -0.3 is 4.74 Å². The number of esters is 1. The maximum Gasteiger partial charge on any atom is 0.326 e. The third-order valence-electron chi connectivity index (χ3n) is 4.25. The van der Waals surface area contributed by atoms with E-state index in [9.17, 15) is 9.59 Å². The zero-order valence-electron chi connectivity index (χ0n) is 15.0. The fourth-order valence-corrected chi connectivity index (χ4v) is 2.85. The Morgan fingerprint density at radius 2 is 1.93 bits per heavy atom. The van der Waals surface area contributed by atoms with Gasteiger partial charge in [-0.1, -0.05) is 30.3 Å². The highest BCUT2D eigenvalue weighted by Crippen LogP contribution is 2.11. The third kappa shape index (κ3) is 3.37. The van der Waals surface area contributed by atoms with Gasteiger partial charge in [0.25, 0.3) is 5.56 Å². The summed E-state index contributed by atoms with van der Waals surface area (Å²) in [5.74, 6) is -0.210. The number of aromatic nitrogens is 6. The molecule has 0 spiro atoms. The van der Waals surface area contributed by atoms with Gasteiger partial charge in [0.2, 0.25) is 0 Å². The van der Waals surface area contributed by atoms with Gasteiger partial charge in [0, 0.05) is 0 Å². The Morgan fingerprint density at radius 1 is 1.11 bits per heavy atom. The zero-order valence-corrected chi connectivity index (χ0v) is 15.0. The monoisotopic (exact) mass is 376 g/mol. The molecule has 140 valence electrons. The smallest absolute Gasteiger partial charge is 0.326 e. The minimum Gasteiger partial charge on any atom is -0.456 e. The lowest BCUT2D eigenvalue weighted by molar-refractivity contribution is -0.146. The van der Waals surface area contributed by atoms with E-state index in [-0.39, 0.29) is 18.7 Å². The van der Waals surface area contributed by atoms with E-state index in [0.29, 0.717) is 16.7 Å². The summed E-state index contributed by atoms with van der Waals surface area (Å²) >= 11 is 0. The van der Waals surface area contributed by atoms with Crippen LogP contribution in [0.1, 0.15) is 11.4 Å². The summed E-state index contributed by atoms with van der Waals surface area (Å²) in [6.07, 6.45) is 1.35. The van der Waals surface area contributed by atoms with E-state index in [1.165, 1.54) is 15.6 Å². The van der Waals surface area contributed by atoms with Crippen molar-refractivity contribution in [1.82, 2.24) is 29.8 Å². The van der Waals surface area contributed by atoms with Crippen molar-refractivity contribution in [3.63, 3.8) is 0 Å². The van der Waals surface area contributed by atoms with Crippen molar-refractivity contribution in [1.29, 1.82) is 0 Å². The van der Waals surface area contributed by atoms with Gasteiger partial charge in [-0.15, -0.1) is 5.10 Å². The maximum absolute atomic E-state index is 12.6. The number of hydrogen-bond donors (Lipinski definition) is 0. The number of benzene rings is 2. The first kappa shape index (κ1) is 17.5. The highest BCUT2D eigenvalue weighted by molar-refractivity contribution is 5.80. The van der Waals surface area contributed by atoms with E-state index in [2.05, 4.69) is 20.5 Å². The van der Waals surface area contributed by atoms with Crippen LogP contribution in [0, 0.1) is 6.92 Å². The number of fused-ring (bicyclic) bond motifs is 1.